The van der Waals surface area contributed by atoms with Crippen LogP contribution in [0.3, 0.4) is 0 Å². The molecule has 0 aliphatic heterocycles. The minimum Gasteiger partial charge on any atom is -0.381 e. The number of ether oxygens (including phenoxy) is 1. The lowest BCUT2D eigenvalue weighted by atomic mass is 9.78. The van der Waals surface area contributed by atoms with Crippen molar-refractivity contribution < 1.29 is 17.9 Å². The fourth-order valence-corrected chi connectivity index (χ4v) is 3.79. The lowest BCUT2D eigenvalue weighted by molar-refractivity contribution is -0.137. The van der Waals surface area contributed by atoms with Gasteiger partial charge in [0.2, 0.25) is 0 Å². The number of hydrogen-bond acceptors (Lipinski definition) is 1. The van der Waals surface area contributed by atoms with Crippen molar-refractivity contribution in [1.82, 2.24) is 0 Å². The molecule has 1 saturated carbocycles. The van der Waals surface area contributed by atoms with Gasteiger partial charge >= 0.3 is 6.18 Å². The van der Waals surface area contributed by atoms with Crippen LogP contribution < -0.4 is 0 Å². The molecule has 0 heterocycles. The van der Waals surface area contributed by atoms with E-state index in [-0.39, 0.29) is 0 Å². The Balaban J connectivity index is 1.61. The molecule has 4 heteroatoms. The van der Waals surface area contributed by atoms with Crippen LogP contribution in [0, 0.1) is 5.92 Å². The molecule has 0 spiro atoms. The molecule has 0 aromatic heterocycles. The third kappa shape index (κ3) is 5.23. The van der Waals surface area contributed by atoms with Crippen molar-refractivity contribution >= 4 is 0 Å². The Kier molecular flexibility index (Phi) is 6.38. The molecule has 0 saturated heterocycles. The zero-order chi connectivity index (χ0) is 19.3. The van der Waals surface area contributed by atoms with Crippen molar-refractivity contribution in [3.8, 4) is 11.1 Å². The second-order valence-electron chi connectivity index (χ2n) is 7.19. The molecule has 1 nitrogen and oxygen atoms in total. The van der Waals surface area contributed by atoms with E-state index >= 15 is 0 Å². The predicted octanol–water partition coefficient (Wildman–Crippen LogP) is 6.85. The topological polar surface area (TPSA) is 9.23 Å². The highest BCUT2D eigenvalue weighted by atomic mass is 19.4. The summed E-state index contributed by atoms with van der Waals surface area (Å²) in [4.78, 5) is 0. The van der Waals surface area contributed by atoms with Gasteiger partial charge in [-0.05, 0) is 66.3 Å². The van der Waals surface area contributed by atoms with Crippen molar-refractivity contribution in [2.24, 2.45) is 5.92 Å². The molecule has 1 fully saturated rings. The van der Waals surface area contributed by atoms with Gasteiger partial charge in [0.15, 0.2) is 0 Å². The Morgan fingerprint density at radius 3 is 1.96 bits per heavy atom. The van der Waals surface area contributed by atoms with Crippen LogP contribution in [-0.4, -0.2) is 13.7 Å². The number of rotatable bonds is 5. The molecule has 0 amide bonds. The summed E-state index contributed by atoms with van der Waals surface area (Å²) >= 11 is 0. The average molecular weight is 374 g/mol. The fraction of sp³-hybridized carbons (Fsp3) is 0.391. The lowest BCUT2D eigenvalue weighted by Gasteiger charge is -2.27. The van der Waals surface area contributed by atoms with Crippen LogP contribution in [0.1, 0.15) is 42.7 Å². The average Bonchev–Trinajstić information content (AvgIpc) is 2.68. The third-order valence-corrected chi connectivity index (χ3v) is 5.37. The van der Waals surface area contributed by atoms with E-state index in [0.717, 1.165) is 23.3 Å². The van der Waals surface area contributed by atoms with Gasteiger partial charge < -0.3 is 4.74 Å². The molecule has 2 aromatic rings. The standard InChI is InChI=1S/C23H25F3O/c1-27-16-2-3-17-4-6-18(7-5-17)19-8-10-20(11-9-19)21-12-14-22(15-13-21)23(24,25)26/h2-3,8-15,17-18H,4-7,16H2,1H3/t17-,18-. The Morgan fingerprint density at radius 1 is 0.889 bits per heavy atom. The van der Waals surface area contributed by atoms with Crippen molar-refractivity contribution in [2.75, 3.05) is 13.7 Å². The van der Waals surface area contributed by atoms with E-state index < -0.39 is 11.7 Å². The van der Waals surface area contributed by atoms with Gasteiger partial charge in [-0.15, -0.1) is 0 Å². The minimum absolute atomic E-state index is 0.568. The maximum absolute atomic E-state index is 12.7. The molecule has 0 N–H and O–H groups in total. The van der Waals surface area contributed by atoms with Crippen LogP contribution in [0.5, 0.6) is 0 Å². The smallest absolute Gasteiger partial charge is 0.381 e. The van der Waals surface area contributed by atoms with E-state index in [1.54, 1.807) is 7.11 Å². The van der Waals surface area contributed by atoms with Gasteiger partial charge in [-0.2, -0.15) is 13.2 Å². The van der Waals surface area contributed by atoms with Gasteiger partial charge in [0, 0.05) is 7.11 Å². The summed E-state index contributed by atoms with van der Waals surface area (Å²) in [5.41, 5.74) is 2.47. The molecule has 0 atom stereocenters. The van der Waals surface area contributed by atoms with Crippen LogP contribution in [-0.2, 0) is 10.9 Å². The first-order valence-electron chi connectivity index (χ1n) is 9.40. The molecule has 27 heavy (non-hydrogen) atoms. The Labute approximate surface area is 158 Å². The van der Waals surface area contributed by atoms with Gasteiger partial charge in [-0.25, -0.2) is 0 Å². The van der Waals surface area contributed by atoms with Crippen molar-refractivity contribution in [3.63, 3.8) is 0 Å². The van der Waals surface area contributed by atoms with Crippen LogP contribution in [0.2, 0.25) is 0 Å². The Hall–Kier alpha value is -2.07. The van der Waals surface area contributed by atoms with Crippen molar-refractivity contribution in [3.05, 3.63) is 71.8 Å². The molecule has 0 bridgehead atoms. The summed E-state index contributed by atoms with van der Waals surface area (Å²) in [6, 6.07) is 13.6. The molecule has 0 unspecified atom stereocenters. The number of halogens is 3. The van der Waals surface area contributed by atoms with Gasteiger partial charge in [0.05, 0.1) is 12.2 Å². The summed E-state index contributed by atoms with van der Waals surface area (Å²) in [5, 5.41) is 0. The zero-order valence-corrected chi connectivity index (χ0v) is 15.5. The van der Waals surface area contributed by atoms with Crippen LogP contribution in [0.25, 0.3) is 11.1 Å². The monoisotopic (exact) mass is 374 g/mol. The van der Waals surface area contributed by atoms with Gasteiger partial charge in [0.25, 0.3) is 0 Å². The van der Waals surface area contributed by atoms with Crippen molar-refractivity contribution in [2.45, 2.75) is 37.8 Å². The highest BCUT2D eigenvalue weighted by Crippen LogP contribution is 2.37. The van der Waals surface area contributed by atoms with Crippen LogP contribution in [0.4, 0.5) is 13.2 Å². The second kappa shape index (κ2) is 8.75. The van der Waals surface area contributed by atoms with Gasteiger partial charge in [0.1, 0.15) is 0 Å². The molecule has 1 aliphatic carbocycles. The highest BCUT2D eigenvalue weighted by molar-refractivity contribution is 5.64. The van der Waals surface area contributed by atoms with E-state index in [1.807, 2.05) is 12.1 Å². The molecular weight excluding hydrogens is 349 g/mol. The third-order valence-electron chi connectivity index (χ3n) is 5.37. The largest absolute Gasteiger partial charge is 0.416 e. The van der Waals surface area contributed by atoms with E-state index in [9.17, 15) is 13.2 Å². The van der Waals surface area contributed by atoms with Gasteiger partial charge in [-0.3, -0.25) is 0 Å². The summed E-state index contributed by atoms with van der Waals surface area (Å²) in [5.74, 6) is 1.21. The quantitative estimate of drug-likeness (QED) is 0.520. The second-order valence-corrected chi connectivity index (χ2v) is 7.19. The van der Waals surface area contributed by atoms with Crippen molar-refractivity contribution in [1.29, 1.82) is 0 Å². The van der Waals surface area contributed by atoms with E-state index in [2.05, 4.69) is 24.3 Å². The maximum Gasteiger partial charge on any atom is 0.416 e. The van der Waals surface area contributed by atoms with Crippen LogP contribution >= 0.6 is 0 Å². The molecule has 2 aromatic carbocycles. The number of allylic oxidation sites excluding steroid dienone is 1. The molecule has 3 rings (SSSR count). The van der Waals surface area contributed by atoms with Crippen LogP contribution in [0.15, 0.2) is 60.7 Å². The zero-order valence-electron chi connectivity index (χ0n) is 15.5. The number of hydrogen-bond donors (Lipinski definition) is 0. The molecule has 144 valence electrons. The lowest BCUT2D eigenvalue weighted by Crippen LogP contribution is -2.11. The summed E-state index contributed by atoms with van der Waals surface area (Å²) in [6.07, 6.45) is 4.79. The van der Waals surface area contributed by atoms with Gasteiger partial charge in [-0.1, -0.05) is 48.6 Å². The fourth-order valence-electron chi connectivity index (χ4n) is 3.79. The first-order valence-corrected chi connectivity index (χ1v) is 9.40. The number of alkyl halides is 3. The summed E-state index contributed by atoms with van der Waals surface area (Å²) < 4.78 is 43.1. The van der Waals surface area contributed by atoms with E-state index in [1.165, 1.54) is 43.4 Å². The Bertz CT molecular complexity index is 737. The first kappa shape index (κ1) is 19.7. The Morgan fingerprint density at radius 2 is 1.44 bits per heavy atom. The van der Waals surface area contributed by atoms with E-state index in [0.29, 0.717) is 18.4 Å². The molecule has 0 radical (unpaired) electrons. The maximum atomic E-state index is 12.7. The first-order chi connectivity index (χ1) is 13.0. The van der Waals surface area contributed by atoms with E-state index in [4.69, 9.17) is 4.74 Å². The normalized spacial score (nSPS) is 20.9. The summed E-state index contributed by atoms with van der Waals surface area (Å²) in [7, 11) is 1.70. The SMILES string of the molecule is COCC=C[C@H]1CC[C@H](c2ccc(-c3ccc(C(F)(F)F)cc3)cc2)CC1. The summed E-state index contributed by atoms with van der Waals surface area (Å²) in [6.45, 7) is 0.672. The molecular formula is C23H25F3O. The number of benzene rings is 2. The predicted molar refractivity (Wildman–Crippen MR) is 103 cm³/mol. The molecule has 1 aliphatic rings. The highest BCUT2D eigenvalue weighted by Gasteiger charge is 2.30. The minimum atomic E-state index is -4.29. The number of methoxy groups -OCH3 is 1.